The Labute approximate surface area is 117 Å². The summed E-state index contributed by atoms with van der Waals surface area (Å²) >= 11 is 0. The van der Waals surface area contributed by atoms with Crippen LogP contribution in [0.3, 0.4) is 0 Å². The molecule has 0 radical (unpaired) electrons. The van der Waals surface area contributed by atoms with Crippen LogP contribution >= 0.6 is 0 Å². The number of nitrogens with zero attached hydrogens (tertiary/aromatic N) is 5. The lowest BCUT2D eigenvalue weighted by Gasteiger charge is -2.04. The van der Waals surface area contributed by atoms with Crippen LogP contribution in [0.4, 0.5) is 0 Å². The summed E-state index contributed by atoms with van der Waals surface area (Å²) in [6.07, 6.45) is 1.98. The van der Waals surface area contributed by atoms with Crippen molar-refractivity contribution in [1.82, 2.24) is 19.3 Å². The van der Waals surface area contributed by atoms with E-state index in [0.29, 0.717) is 5.56 Å². The van der Waals surface area contributed by atoms with Gasteiger partial charge in [0.15, 0.2) is 0 Å². The number of fused-ring (bicyclic) bond motifs is 1. The van der Waals surface area contributed by atoms with Crippen molar-refractivity contribution in [2.75, 3.05) is 0 Å². The first-order valence-corrected chi connectivity index (χ1v) is 6.55. The summed E-state index contributed by atoms with van der Waals surface area (Å²) in [5.74, 6) is 0.906. The van der Waals surface area contributed by atoms with Crippen molar-refractivity contribution in [2.45, 2.75) is 20.4 Å². The highest BCUT2D eigenvalue weighted by Crippen LogP contribution is 2.27. The Bertz CT molecular complexity index is 832. The van der Waals surface area contributed by atoms with E-state index in [1.807, 2.05) is 38.4 Å². The molecule has 0 bridgehead atoms. The highest BCUT2D eigenvalue weighted by atomic mass is 15.3. The van der Waals surface area contributed by atoms with E-state index in [4.69, 9.17) is 10.2 Å². The van der Waals surface area contributed by atoms with Gasteiger partial charge in [-0.2, -0.15) is 10.4 Å². The van der Waals surface area contributed by atoms with Crippen molar-refractivity contribution < 1.29 is 0 Å². The van der Waals surface area contributed by atoms with Gasteiger partial charge in [0.1, 0.15) is 5.82 Å². The van der Waals surface area contributed by atoms with E-state index in [1.165, 1.54) is 0 Å². The van der Waals surface area contributed by atoms with E-state index in [-0.39, 0.29) is 0 Å². The molecule has 0 aliphatic heterocycles. The van der Waals surface area contributed by atoms with Gasteiger partial charge >= 0.3 is 0 Å². The molecule has 5 nitrogen and oxygen atoms in total. The third-order valence-corrected chi connectivity index (χ3v) is 3.45. The van der Waals surface area contributed by atoms with E-state index in [2.05, 4.69) is 22.7 Å². The van der Waals surface area contributed by atoms with Gasteiger partial charge in [-0.05, 0) is 32.0 Å². The van der Waals surface area contributed by atoms with Gasteiger partial charge < -0.3 is 4.57 Å². The fourth-order valence-corrected chi connectivity index (χ4v) is 2.54. The zero-order chi connectivity index (χ0) is 14.3. The second-order valence-electron chi connectivity index (χ2n) is 4.80. The third kappa shape index (κ3) is 1.77. The molecule has 100 valence electrons. The maximum absolute atomic E-state index is 9.00. The van der Waals surface area contributed by atoms with E-state index in [1.54, 1.807) is 4.68 Å². The number of imidazole rings is 1. The third-order valence-electron chi connectivity index (χ3n) is 3.45. The van der Waals surface area contributed by atoms with Crippen LogP contribution in [0.25, 0.3) is 22.4 Å². The van der Waals surface area contributed by atoms with E-state index in [9.17, 15) is 0 Å². The Morgan fingerprint density at radius 1 is 1.35 bits per heavy atom. The number of nitriles is 1. The van der Waals surface area contributed by atoms with Crippen LogP contribution in [0.1, 0.15) is 18.2 Å². The Hall–Kier alpha value is -2.61. The van der Waals surface area contributed by atoms with Crippen LogP contribution < -0.4 is 0 Å². The SMILES string of the molecule is CCn1c(-c2cn(C)nc2C)nc2cc(C#N)ccc21. The van der Waals surface area contributed by atoms with Crippen LogP contribution in [-0.2, 0) is 13.6 Å². The second kappa shape index (κ2) is 4.49. The molecule has 0 aliphatic carbocycles. The second-order valence-corrected chi connectivity index (χ2v) is 4.80. The molecule has 0 amide bonds. The average Bonchev–Trinajstić information content (AvgIpc) is 2.96. The Kier molecular flexibility index (Phi) is 2.79. The maximum atomic E-state index is 9.00. The molecule has 0 aliphatic rings. The van der Waals surface area contributed by atoms with Gasteiger partial charge in [0, 0.05) is 19.8 Å². The fourth-order valence-electron chi connectivity index (χ4n) is 2.54. The molecule has 0 N–H and O–H groups in total. The van der Waals surface area contributed by atoms with Crippen LogP contribution in [0.2, 0.25) is 0 Å². The van der Waals surface area contributed by atoms with Crippen molar-refractivity contribution in [3.05, 3.63) is 35.7 Å². The minimum absolute atomic E-state index is 0.632. The molecule has 0 unspecified atom stereocenters. The van der Waals surface area contributed by atoms with Gasteiger partial charge in [-0.25, -0.2) is 4.98 Å². The fraction of sp³-hybridized carbons (Fsp3) is 0.267. The lowest BCUT2D eigenvalue weighted by Crippen LogP contribution is -1.97. The average molecular weight is 265 g/mol. The quantitative estimate of drug-likeness (QED) is 0.715. The number of benzene rings is 1. The molecule has 3 rings (SSSR count). The van der Waals surface area contributed by atoms with E-state index in [0.717, 1.165) is 34.7 Å². The van der Waals surface area contributed by atoms with Crippen LogP contribution in [0, 0.1) is 18.3 Å². The first-order valence-electron chi connectivity index (χ1n) is 6.55. The normalized spacial score (nSPS) is 10.9. The van der Waals surface area contributed by atoms with Crippen molar-refractivity contribution in [2.24, 2.45) is 7.05 Å². The van der Waals surface area contributed by atoms with Crippen molar-refractivity contribution in [1.29, 1.82) is 5.26 Å². The summed E-state index contributed by atoms with van der Waals surface area (Å²) < 4.78 is 3.95. The van der Waals surface area contributed by atoms with Crippen molar-refractivity contribution in [3.8, 4) is 17.5 Å². The summed E-state index contributed by atoms with van der Waals surface area (Å²) in [4.78, 5) is 4.70. The van der Waals surface area contributed by atoms with Gasteiger partial charge in [-0.3, -0.25) is 4.68 Å². The predicted molar refractivity (Wildman–Crippen MR) is 77.1 cm³/mol. The zero-order valence-electron chi connectivity index (χ0n) is 11.8. The monoisotopic (exact) mass is 265 g/mol. The Balaban J connectivity index is 2.30. The molecular weight excluding hydrogens is 250 g/mol. The smallest absolute Gasteiger partial charge is 0.144 e. The minimum atomic E-state index is 0.632. The minimum Gasteiger partial charge on any atom is -0.324 e. The highest BCUT2D eigenvalue weighted by molar-refractivity contribution is 5.82. The molecule has 0 spiro atoms. The number of aromatic nitrogens is 4. The molecule has 2 aromatic heterocycles. The molecule has 0 saturated carbocycles. The molecular formula is C15H15N5. The largest absolute Gasteiger partial charge is 0.324 e. The number of hydrogen-bond acceptors (Lipinski definition) is 3. The molecule has 0 atom stereocenters. The molecule has 2 heterocycles. The van der Waals surface area contributed by atoms with Gasteiger partial charge in [0.25, 0.3) is 0 Å². The summed E-state index contributed by atoms with van der Waals surface area (Å²) in [7, 11) is 1.91. The Morgan fingerprint density at radius 2 is 2.15 bits per heavy atom. The highest BCUT2D eigenvalue weighted by Gasteiger charge is 2.15. The standard InChI is InChI=1S/C15H15N5/c1-4-20-14-6-5-11(8-16)7-13(14)17-15(20)12-9-19(3)18-10(12)2/h5-7,9H,4H2,1-3H3. The van der Waals surface area contributed by atoms with Gasteiger partial charge in [-0.1, -0.05) is 0 Å². The van der Waals surface area contributed by atoms with Crippen molar-refractivity contribution in [3.63, 3.8) is 0 Å². The topological polar surface area (TPSA) is 59.4 Å². The lowest BCUT2D eigenvalue weighted by atomic mass is 10.2. The van der Waals surface area contributed by atoms with Gasteiger partial charge in [0.05, 0.1) is 33.9 Å². The zero-order valence-corrected chi connectivity index (χ0v) is 11.8. The van der Waals surface area contributed by atoms with Gasteiger partial charge in [-0.15, -0.1) is 0 Å². The molecule has 5 heteroatoms. The molecule has 0 saturated heterocycles. The molecule has 3 aromatic rings. The molecule has 1 aromatic carbocycles. The van der Waals surface area contributed by atoms with Gasteiger partial charge in [0.2, 0.25) is 0 Å². The van der Waals surface area contributed by atoms with Crippen molar-refractivity contribution >= 4 is 11.0 Å². The number of aryl methyl sites for hydroxylation is 3. The van der Waals surface area contributed by atoms with Crippen LogP contribution in [0.15, 0.2) is 24.4 Å². The predicted octanol–water partition coefficient (Wildman–Crippen LogP) is 2.64. The Morgan fingerprint density at radius 3 is 2.75 bits per heavy atom. The molecule has 20 heavy (non-hydrogen) atoms. The van der Waals surface area contributed by atoms with E-state index >= 15 is 0 Å². The first kappa shape index (κ1) is 12.4. The first-order chi connectivity index (χ1) is 9.63. The van der Waals surface area contributed by atoms with Crippen LogP contribution in [-0.4, -0.2) is 19.3 Å². The summed E-state index contributed by atoms with van der Waals surface area (Å²) in [5.41, 5.74) is 4.52. The molecule has 0 fully saturated rings. The van der Waals surface area contributed by atoms with E-state index < -0.39 is 0 Å². The maximum Gasteiger partial charge on any atom is 0.144 e. The number of rotatable bonds is 2. The summed E-state index contributed by atoms with van der Waals surface area (Å²) in [5, 5.41) is 13.4. The number of hydrogen-bond donors (Lipinski definition) is 0. The lowest BCUT2D eigenvalue weighted by molar-refractivity contribution is 0.756. The summed E-state index contributed by atoms with van der Waals surface area (Å²) in [6, 6.07) is 7.77. The van der Waals surface area contributed by atoms with Crippen LogP contribution in [0.5, 0.6) is 0 Å². The summed E-state index contributed by atoms with van der Waals surface area (Å²) in [6.45, 7) is 4.90.